The van der Waals surface area contributed by atoms with E-state index >= 15 is 0 Å². The second-order valence-corrected chi connectivity index (χ2v) is 4.92. The summed E-state index contributed by atoms with van der Waals surface area (Å²) in [5.41, 5.74) is 8.43. The predicted octanol–water partition coefficient (Wildman–Crippen LogP) is 2.33. The van der Waals surface area contributed by atoms with Gasteiger partial charge in [-0.3, -0.25) is 4.79 Å². The minimum absolute atomic E-state index is 0.307. The molecule has 0 saturated carbocycles. The Hall–Kier alpha value is -2.53. The van der Waals surface area contributed by atoms with Crippen LogP contribution in [-0.2, 0) is 11.2 Å². The Bertz CT molecular complexity index is 652. The van der Waals surface area contributed by atoms with Crippen LogP contribution >= 0.6 is 0 Å². The topological polar surface area (TPSA) is 81.8 Å². The molecule has 1 atom stereocenters. The molecule has 0 aliphatic rings. The van der Waals surface area contributed by atoms with Gasteiger partial charge in [0.1, 0.15) is 6.04 Å². The lowest BCUT2D eigenvalue weighted by Gasteiger charge is -2.11. The van der Waals surface area contributed by atoms with Gasteiger partial charge in [-0.15, -0.1) is 0 Å². The van der Waals surface area contributed by atoms with Crippen molar-refractivity contribution in [2.75, 3.05) is 14.2 Å². The molecule has 0 fully saturated rings. The van der Waals surface area contributed by atoms with Crippen molar-refractivity contribution in [3.05, 3.63) is 48.0 Å². The second-order valence-electron chi connectivity index (χ2n) is 4.92. The van der Waals surface area contributed by atoms with Crippen LogP contribution in [0, 0.1) is 0 Å². The van der Waals surface area contributed by atoms with Crippen molar-refractivity contribution in [2.45, 2.75) is 12.5 Å². The number of benzene rings is 2. The molecule has 5 nitrogen and oxygen atoms in total. The molecule has 0 aliphatic heterocycles. The van der Waals surface area contributed by atoms with Gasteiger partial charge in [0.25, 0.3) is 0 Å². The molecule has 0 amide bonds. The van der Waals surface area contributed by atoms with E-state index in [1.165, 1.54) is 0 Å². The molecular weight excluding hydrogens is 282 g/mol. The zero-order valence-electron chi connectivity index (χ0n) is 12.6. The zero-order valence-corrected chi connectivity index (χ0v) is 12.6. The first-order valence-corrected chi connectivity index (χ1v) is 6.85. The summed E-state index contributed by atoms with van der Waals surface area (Å²) in [7, 11) is 3.19. The summed E-state index contributed by atoms with van der Waals surface area (Å²) in [4.78, 5) is 10.8. The molecule has 0 saturated heterocycles. The highest BCUT2D eigenvalue weighted by Gasteiger charge is 2.12. The maximum absolute atomic E-state index is 10.8. The third-order valence-corrected chi connectivity index (χ3v) is 3.44. The number of aliphatic carboxylic acids is 1. The first-order chi connectivity index (χ1) is 10.5. The number of rotatable bonds is 6. The number of carboxylic acids is 1. The molecule has 0 radical (unpaired) electrons. The Morgan fingerprint density at radius 3 is 2.18 bits per heavy atom. The maximum Gasteiger partial charge on any atom is 0.320 e. The number of hydrogen-bond acceptors (Lipinski definition) is 4. The highest BCUT2D eigenvalue weighted by molar-refractivity contribution is 5.73. The van der Waals surface area contributed by atoms with E-state index in [9.17, 15) is 4.79 Å². The van der Waals surface area contributed by atoms with Gasteiger partial charge in [-0.2, -0.15) is 0 Å². The van der Waals surface area contributed by atoms with E-state index < -0.39 is 12.0 Å². The van der Waals surface area contributed by atoms with Crippen LogP contribution in [-0.4, -0.2) is 31.3 Å². The average molecular weight is 301 g/mol. The van der Waals surface area contributed by atoms with Gasteiger partial charge in [0.2, 0.25) is 0 Å². The molecule has 0 heterocycles. The monoisotopic (exact) mass is 301 g/mol. The molecule has 0 bridgehead atoms. The average Bonchev–Trinajstić information content (AvgIpc) is 2.54. The van der Waals surface area contributed by atoms with Gasteiger partial charge in [0, 0.05) is 0 Å². The minimum Gasteiger partial charge on any atom is -0.493 e. The van der Waals surface area contributed by atoms with E-state index in [-0.39, 0.29) is 0 Å². The Kier molecular flexibility index (Phi) is 5.01. The quantitative estimate of drug-likeness (QED) is 0.855. The molecule has 2 rings (SSSR count). The Morgan fingerprint density at radius 2 is 1.64 bits per heavy atom. The van der Waals surface area contributed by atoms with Gasteiger partial charge in [0.05, 0.1) is 14.2 Å². The lowest BCUT2D eigenvalue weighted by molar-refractivity contribution is -0.138. The second kappa shape index (κ2) is 6.95. The van der Waals surface area contributed by atoms with Crippen LogP contribution < -0.4 is 15.2 Å². The number of carboxylic acid groups (broad SMARTS) is 1. The summed E-state index contributed by atoms with van der Waals surface area (Å²) in [6, 6.07) is 12.4. The van der Waals surface area contributed by atoms with Gasteiger partial charge in [-0.1, -0.05) is 30.3 Å². The zero-order chi connectivity index (χ0) is 16.1. The van der Waals surface area contributed by atoms with Crippen molar-refractivity contribution in [3.63, 3.8) is 0 Å². The molecule has 1 unspecified atom stereocenters. The highest BCUT2D eigenvalue weighted by Crippen LogP contribution is 2.32. The lowest BCUT2D eigenvalue weighted by Crippen LogP contribution is -2.32. The molecule has 22 heavy (non-hydrogen) atoms. The van der Waals surface area contributed by atoms with Gasteiger partial charge in [-0.25, -0.2) is 0 Å². The van der Waals surface area contributed by atoms with Gasteiger partial charge in [0.15, 0.2) is 11.5 Å². The largest absolute Gasteiger partial charge is 0.493 e. The summed E-state index contributed by atoms with van der Waals surface area (Å²) < 4.78 is 10.5. The van der Waals surface area contributed by atoms with Crippen molar-refractivity contribution in [3.8, 4) is 22.6 Å². The molecular formula is C17H19NO4. The fraction of sp³-hybridized carbons (Fsp3) is 0.235. The summed E-state index contributed by atoms with van der Waals surface area (Å²) in [6.07, 6.45) is 0.307. The molecule has 0 spiro atoms. The fourth-order valence-corrected chi connectivity index (χ4v) is 2.19. The maximum atomic E-state index is 10.8. The summed E-state index contributed by atoms with van der Waals surface area (Å²) in [5.74, 6) is 0.344. The molecule has 2 aromatic rings. The number of hydrogen-bond donors (Lipinski definition) is 2. The standard InChI is InChI=1S/C17H19NO4/c1-21-15-8-7-13(10-16(15)22-2)12-5-3-11(4-6-12)9-14(18)17(19)20/h3-8,10,14H,9,18H2,1-2H3,(H,19,20). The molecule has 2 aromatic carbocycles. The van der Waals surface area contributed by atoms with Crippen LogP contribution in [0.4, 0.5) is 0 Å². The lowest BCUT2D eigenvalue weighted by atomic mass is 10.0. The van der Waals surface area contributed by atoms with E-state index in [1.807, 2.05) is 42.5 Å². The summed E-state index contributed by atoms with van der Waals surface area (Å²) in [5, 5.41) is 8.83. The summed E-state index contributed by atoms with van der Waals surface area (Å²) in [6.45, 7) is 0. The van der Waals surface area contributed by atoms with Gasteiger partial charge in [-0.05, 0) is 35.2 Å². The molecule has 0 aromatic heterocycles. The van der Waals surface area contributed by atoms with Crippen LogP contribution in [0.25, 0.3) is 11.1 Å². The number of carbonyl (C=O) groups is 1. The van der Waals surface area contributed by atoms with E-state index in [0.29, 0.717) is 17.9 Å². The third-order valence-electron chi connectivity index (χ3n) is 3.44. The first-order valence-electron chi connectivity index (χ1n) is 6.85. The first kappa shape index (κ1) is 15.9. The molecule has 3 N–H and O–H groups in total. The van der Waals surface area contributed by atoms with Crippen LogP contribution in [0.5, 0.6) is 11.5 Å². The molecule has 0 aliphatic carbocycles. The Morgan fingerprint density at radius 1 is 1.05 bits per heavy atom. The van der Waals surface area contributed by atoms with Crippen LogP contribution in [0.1, 0.15) is 5.56 Å². The Labute approximate surface area is 129 Å². The van der Waals surface area contributed by atoms with Crippen LogP contribution in [0.3, 0.4) is 0 Å². The van der Waals surface area contributed by atoms with Crippen LogP contribution in [0.15, 0.2) is 42.5 Å². The Balaban J connectivity index is 2.21. The van der Waals surface area contributed by atoms with E-state index in [1.54, 1.807) is 14.2 Å². The number of nitrogens with two attached hydrogens (primary N) is 1. The predicted molar refractivity (Wildman–Crippen MR) is 84.3 cm³/mol. The number of methoxy groups -OCH3 is 2. The number of ether oxygens (including phenoxy) is 2. The van der Waals surface area contributed by atoms with Gasteiger partial charge < -0.3 is 20.3 Å². The normalized spacial score (nSPS) is 11.8. The molecule has 5 heteroatoms. The van der Waals surface area contributed by atoms with Crippen molar-refractivity contribution in [1.82, 2.24) is 0 Å². The van der Waals surface area contributed by atoms with Crippen molar-refractivity contribution in [1.29, 1.82) is 0 Å². The van der Waals surface area contributed by atoms with Gasteiger partial charge >= 0.3 is 5.97 Å². The molecule has 116 valence electrons. The van der Waals surface area contributed by atoms with Crippen LogP contribution in [0.2, 0.25) is 0 Å². The smallest absolute Gasteiger partial charge is 0.320 e. The van der Waals surface area contributed by atoms with Crippen molar-refractivity contribution >= 4 is 5.97 Å². The van der Waals surface area contributed by atoms with E-state index in [2.05, 4.69) is 0 Å². The van der Waals surface area contributed by atoms with Crippen molar-refractivity contribution < 1.29 is 19.4 Å². The summed E-state index contributed by atoms with van der Waals surface area (Å²) >= 11 is 0. The van der Waals surface area contributed by atoms with E-state index in [4.69, 9.17) is 20.3 Å². The van der Waals surface area contributed by atoms with E-state index in [0.717, 1.165) is 16.7 Å². The fourth-order valence-electron chi connectivity index (χ4n) is 2.19. The van der Waals surface area contributed by atoms with Crippen molar-refractivity contribution in [2.24, 2.45) is 5.73 Å². The minimum atomic E-state index is -0.996. The highest BCUT2D eigenvalue weighted by atomic mass is 16.5. The SMILES string of the molecule is COc1ccc(-c2ccc(CC(N)C(=O)O)cc2)cc1OC. The third kappa shape index (κ3) is 3.56.